The summed E-state index contributed by atoms with van der Waals surface area (Å²) in [6.45, 7) is 7.38. The van der Waals surface area contributed by atoms with Crippen molar-refractivity contribution >= 4 is 11.8 Å². The second-order valence-electron chi connectivity index (χ2n) is 6.19. The van der Waals surface area contributed by atoms with Gasteiger partial charge in [0.2, 0.25) is 0 Å². The summed E-state index contributed by atoms with van der Waals surface area (Å²) < 4.78 is 5.23. The van der Waals surface area contributed by atoms with E-state index in [2.05, 4.69) is 5.32 Å². The van der Waals surface area contributed by atoms with Crippen LogP contribution in [0.4, 0.5) is 10.5 Å². The molecule has 0 bridgehead atoms. The molecule has 0 heterocycles. The quantitative estimate of drug-likeness (QED) is 0.860. The Morgan fingerprint density at radius 2 is 2.00 bits per heavy atom. The van der Waals surface area contributed by atoms with Crippen LogP contribution in [0.2, 0.25) is 0 Å². The number of nitrogens with one attached hydrogen (secondary N) is 1. The molecule has 4 nitrogen and oxygen atoms in total. The first kappa shape index (κ1) is 13.9. The average Bonchev–Trinajstić information content (AvgIpc) is 2.98. The minimum atomic E-state index is -0.696. The zero-order chi connectivity index (χ0) is 14.3. The van der Waals surface area contributed by atoms with Crippen LogP contribution in [0.3, 0.4) is 0 Å². The van der Waals surface area contributed by atoms with Gasteiger partial charge in [0.05, 0.1) is 5.60 Å². The number of benzene rings is 1. The zero-order valence-corrected chi connectivity index (χ0v) is 11.9. The largest absolute Gasteiger partial charge is 0.444 e. The summed E-state index contributed by atoms with van der Waals surface area (Å²) in [6.07, 6.45) is 1.08. The second-order valence-corrected chi connectivity index (χ2v) is 6.19. The fraction of sp³-hybridized carbons (Fsp3) is 0.533. The summed E-state index contributed by atoms with van der Waals surface area (Å²) in [7, 11) is 0. The van der Waals surface area contributed by atoms with Crippen LogP contribution in [-0.4, -0.2) is 16.8 Å². The molecule has 2 N–H and O–H groups in total. The van der Waals surface area contributed by atoms with Crippen LogP contribution in [0.5, 0.6) is 0 Å². The lowest BCUT2D eigenvalue weighted by molar-refractivity contribution is 0.0635. The van der Waals surface area contributed by atoms with Crippen LogP contribution in [0.1, 0.15) is 44.7 Å². The lowest BCUT2D eigenvalue weighted by Crippen LogP contribution is -2.27. The second kappa shape index (κ2) is 4.53. The average molecular weight is 263 g/mol. The van der Waals surface area contributed by atoms with Crippen LogP contribution >= 0.6 is 0 Å². The third kappa shape index (κ3) is 3.47. The van der Waals surface area contributed by atoms with Crippen molar-refractivity contribution in [2.75, 3.05) is 5.32 Å². The van der Waals surface area contributed by atoms with Gasteiger partial charge in [-0.3, -0.25) is 5.32 Å². The standard InChI is InChI=1S/C15H21NO3/c1-10-5-6-11(15(18)7-8-15)9-12(10)16-13(17)19-14(2,3)4/h5-6,9,18H,7-8H2,1-4H3,(H,16,17). The Balaban J connectivity index is 2.13. The summed E-state index contributed by atoms with van der Waals surface area (Å²) >= 11 is 0. The number of aliphatic hydroxyl groups is 1. The molecule has 2 rings (SSSR count). The molecule has 1 amide bonds. The normalized spacial score (nSPS) is 16.9. The van der Waals surface area contributed by atoms with Crippen LogP contribution in [0, 0.1) is 6.92 Å². The van der Waals surface area contributed by atoms with Gasteiger partial charge in [0.25, 0.3) is 0 Å². The molecule has 1 aliphatic rings. The fourth-order valence-electron chi connectivity index (χ4n) is 1.87. The van der Waals surface area contributed by atoms with Crippen molar-refractivity contribution in [2.24, 2.45) is 0 Å². The number of anilines is 1. The van der Waals surface area contributed by atoms with Gasteiger partial charge >= 0.3 is 6.09 Å². The van der Waals surface area contributed by atoms with Crippen LogP contribution < -0.4 is 5.32 Å². The highest BCUT2D eigenvalue weighted by Gasteiger charge is 2.42. The first-order valence-electron chi connectivity index (χ1n) is 6.53. The van der Waals surface area contributed by atoms with E-state index in [9.17, 15) is 9.90 Å². The number of hydrogen-bond donors (Lipinski definition) is 2. The molecule has 1 aliphatic carbocycles. The third-order valence-corrected chi connectivity index (χ3v) is 3.13. The van der Waals surface area contributed by atoms with Gasteiger partial charge in [-0.05, 0) is 57.7 Å². The van der Waals surface area contributed by atoms with Gasteiger partial charge in [-0.25, -0.2) is 4.79 Å². The summed E-state index contributed by atoms with van der Waals surface area (Å²) in [5.41, 5.74) is 1.26. The van der Waals surface area contributed by atoms with Gasteiger partial charge in [-0.15, -0.1) is 0 Å². The number of carbonyl (C=O) groups excluding carboxylic acids is 1. The molecule has 0 aliphatic heterocycles. The predicted octanol–water partition coefficient (Wildman–Crippen LogP) is 3.32. The van der Waals surface area contributed by atoms with Crippen LogP contribution in [0.15, 0.2) is 18.2 Å². The first-order chi connectivity index (χ1) is 8.70. The van der Waals surface area contributed by atoms with Gasteiger partial charge < -0.3 is 9.84 Å². The molecule has 1 aromatic rings. The Morgan fingerprint density at radius 3 is 2.53 bits per heavy atom. The molecule has 0 atom stereocenters. The SMILES string of the molecule is Cc1ccc(C2(O)CC2)cc1NC(=O)OC(C)(C)C. The third-order valence-electron chi connectivity index (χ3n) is 3.13. The van der Waals surface area contributed by atoms with E-state index in [4.69, 9.17) is 4.74 Å². The summed E-state index contributed by atoms with van der Waals surface area (Å²) in [5, 5.41) is 12.8. The minimum Gasteiger partial charge on any atom is -0.444 e. The van der Waals surface area contributed by atoms with Crippen molar-refractivity contribution in [3.05, 3.63) is 29.3 Å². The lowest BCUT2D eigenvalue weighted by atomic mass is 10.0. The van der Waals surface area contributed by atoms with Crippen LogP contribution in [-0.2, 0) is 10.3 Å². The van der Waals surface area contributed by atoms with Gasteiger partial charge in [0.1, 0.15) is 5.60 Å². The smallest absolute Gasteiger partial charge is 0.412 e. The highest BCUT2D eigenvalue weighted by atomic mass is 16.6. The molecule has 104 valence electrons. The van der Waals surface area contributed by atoms with E-state index in [0.29, 0.717) is 5.69 Å². The Bertz CT molecular complexity index is 499. The summed E-state index contributed by atoms with van der Waals surface area (Å²) in [4.78, 5) is 11.8. The maximum absolute atomic E-state index is 11.8. The van der Waals surface area contributed by atoms with Crippen molar-refractivity contribution in [1.29, 1.82) is 0 Å². The van der Waals surface area contributed by atoms with E-state index in [1.165, 1.54) is 0 Å². The van der Waals surface area contributed by atoms with E-state index >= 15 is 0 Å². The molecule has 1 saturated carbocycles. The predicted molar refractivity (Wildman–Crippen MR) is 74.2 cm³/mol. The van der Waals surface area contributed by atoms with Gasteiger partial charge in [0.15, 0.2) is 0 Å². The van der Waals surface area contributed by atoms with Crippen molar-refractivity contribution in [3.8, 4) is 0 Å². The van der Waals surface area contributed by atoms with Gasteiger partial charge in [0, 0.05) is 5.69 Å². The Kier molecular flexibility index (Phi) is 3.31. The highest BCUT2D eigenvalue weighted by Crippen LogP contribution is 2.46. The Hall–Kier alpha value is -1.55. The number of aryl methyl sites for hydroxylation is 1. The molecule has 0 unspecified atom stereocenters. The highest BCUT2D eigenvalue weighted by molar-refractivity contribution is 5.86. The summed E-state index contributed by atoms with van der Waals surface area (Å²) in [5.74, 6) is 0. The number of ether oxygens (including phenoxy) is 1. The van der Waals surface area contributed by atoms with E-state index in [1.807, 2.05) is 45.9 Å². The molecule has 1 aromatic carbocycles. The molecule has 0 spiro atoms. The molecular weight excluding hydrogens is 242 g/mol. The van der Waals surface area contributed by atoms with Crippen molar-refractivity contribution in [3.63, 3.8) is 0 Å². The Labute approximate surface area is 113 Å². The maximum Gasteiger partial charge on any atom is 0.412 e. The first-order valence-corrected chi connectivity index (χ1v) is 6.53. The van der Waals surface area contributed by atoms with Crippen molar-refractivity contribution in [1.82, 2.24) is 0 Å². The molecular formula is C15H21NO3. The van der Waals surface area contributed by atoms with Gasteiger partial charge in [-0.2, -0.15) is 0 Å². The monoisotopic (exact) mass is 263 g/mol. The molecule has 0 aromatic heterocycles. The van der Waals surface area contributed by atoms with Crippen molar-refractivity contribution < 1.29 is 14.6 Å². The molecule has 19 heavy (non-hydrogen) atoms. The Morgan fingerprint density at radius 1 is 1.37 bits per heavy atom. The van der Waals surface area contributed by atoms with E-state index in [-0.39, 0.29) is 0 Å². The lowest BCUT2D eigenvalue weighted by Gasteiger charge is -2.20. The molecule has 0 radical (unpaired) electrons. The number of hydrogen-bond acceptors (Lipinski definition) is 3. The zero-order valence-electron chi connectivity index (χ0n) is 11.9. The van der Waals surface area contributed by atoms with E-state index in [0.717, 1.165) is 24.0 Å². The summed E-state index contributed by atoms with van der Waals surface area (Å²) in [6, 6.07) is 5.63. The number of amides is 1. The molecule has 0 saturated heterocycles. The van der Waals surface area contributed by atoms with E-state index < -0.39 is 17.3 Å². The van der Waals surface area contributed by atoms with Crippen LogP contribution in [0.25, 0.3) is 0 Å². The molecule has 1 fully saturated rings. The van der Waals surface area contributed by atoms with Crippen molar-refractivity contribution in [2.45, 2.75) is 51.7 Å². The molecule has 4 heteroatoms. The fourth-order valence-corrected chi connectivity index (χ4v) is 1.87. The van der Waals surface area contributed by atoms with E-state index in [1.54, 1.807) is 0 Å². The topological polar surface area (TPSA) is 58.6 Å². The minimum absolute atomic E-state index is 0.476. The number of carbonyl (C=O) groups is 1. The maximum atomic E-state index is 11.8. The van der Waals surface area contributed by atoms with Gasteiger partial charge in [-0.1, -0.05) is 12.1 Å². The number of rotatable bonds is 2.